The van der Waals surface area contributed by atoms with Gasteiger partial charge in [-0.2, -0.15) is 0 Å². The van der Waals surface area contributed by atoms with E-state index in [-0.39, 0.29) is 0 Å². The van der Waals surface area contributed by atoms with E-state index in [1.165, 1.54) is 31.3 Å². The van der Waals surface area contributed by atoms with Gasteiger partial charge in [0.15, 0.2) is 0 Å². The zero-order valence-electron chi connectivity index (χ0n) is 11.2. The van der Waals surface area contributed by atoms with Crippen molar-refractivity contribution < 1.29 is 5.11 Å². The number of aliphatic hydroxyl groups is 1. The maximum Gasteiger partial charge on any atom is 0.0891 e. The number of allylic oxidation sites excluding steroid dienone is 1. The molecule has 2 aliphatic rings. The predicted molar refractivity (Wildman–Crippen MR) is 68.2 cm³/mol. The Morgan fingerprint density at radius 2 is 2.00 bits per heavy atom. The molecule has 2 rings (SSSR count). The minimum atomic E-state index is -0.506. The van der Waals surface area contributed by atoms with E-state index in [0.29, 0.717) is 23.7 Å². The van der Waals surface area contributed by atoms with Crippen molar-refractivity contribution in [3.05, 3.63) is 11.6 Å². The molecule has 4 atom stereocenters. The van der Waals surface area contributed by atoms with Crippen molar-refractivity contribution in [2.45, 2.75) is 59.0 Å². The van der Waals surface area contributed by atoms with Crippen LogP contribution in [0.3, 0.4) is 0 Å². The second-order valence-corrected chi connectivity index (χ2v) is 6.43. The highest BCUT2D eigenvalue weighted by Crippen LogP contribution is 2.50. The topological polar surface area (TPSA) is 20.2 Å². The summed E-state index contributed by atoms with van der Waals surface area (Å²) in [5, 5.41) is 11.1. The monoisotopic (exact) mass is 222 g/mol. The zero-order valence-corrected chi connectivity index (χ0v) is 11.2. The molecule has 0 aromatic carbocycles. The van der Waals surface area contributed by atoms with E-state index >= 15 is 0 Å². The van der Waals surface area contributed by atoms with Crippen LogP contribution in [0.25, 0.3) is 0 Å². The van der Waals surface area contributed by atoms with E-state index in [4.69, 9.17) is 0 Å². The molecule has 0 aliphatic heterocycles. The first kappa shape index (κ1) is 12.2. The van der Waals surface area contributed by atoms with Crippen LogP contribution in [0.15, 0.2) is 11.6 Å². The van der Waals surface area contributed by atoms with Gasteiger partial charge in [-0.05, 0) is 56.3 Å². The second-order valence-electron chi connectivity index (χ2n) is 6.43. The van der Waals surface area contributed by atoms with Gasteiger partial charge in [-0.15, -0.1) is 0 Å². The van der Waals surface area contributed by atoms with Crippen LogP contribution in [0.1, 0.15) is 53.4 Å². The quantitative estimate of drug-likeness (QED) is 0.669. The Morgan fingerprint density at radius 1 is 1.31 bits per heavy atom. The normalized spacial score (nSPS) is 44.1. The first-order chi connectivity index (χ1) is 7.45. The highest BCUT2D eigenvalue weighted by Gasteiger charge is 2.49. The Labute approximate surface area is 99.9 Å². The molecule has 0 aromatic rings. The van der Waals surface area contributed by atoms with Gasteiger partial charge in [0.25, 0.3) is 0 Å². The summed E-state index contributed by atoms with van der Waals surface area (Å²) in [4.78, 5) is 0. The summed E-state index contributed by atoms with van der Waals surface area (Å²) >= 11 is 0. The van der Waals surface area contributed by atoms with Gasteiger partial charge in [-0.25, -0.2) is 0 Å². The molecule has 0 spiro atoms. The summed E-state index contributed by atoms with van der Waals surface area (Å²) in [6.07, 6.45) is 7.05. The van der Waals surface area contributed by atoms with Crippen molar-refractivity contribution in [2.24, 2.45) is 23.7 Å². The lowest BCUT2D eigenvalue weighted by Crippen LogP contribution is -2.52. The molecule has 0 bridgehead atoms. The van der Waals surface area contributed by atoms with Crippen LogP contribution in [-0.2, 0) is 0 Å². The summed E-state index contributed by atoms with van der Waals surface area (Å²) < 4.78 is 0. The van der Waals surface area contributed by atoms with Crippen LogP contribution in [0.4, 0.5) is 0 Å². The summed E-state index contributed by atoms with van der Waals surface area (Å²) in [7, 11) is 0. The fraction of sp³-hybridized carbons (Fsp3) is 0.867. The Bertz CT molecular complexity index is 292. The van der Waals surface area contributed by atoms with Crippen LogP contribution in [-0.4, -0.2) is 10.7 Å². The molecule has 0 heterocycles. The van der Waals surface area contributed by atoms with Gasteiger partial charge in [0.1, 0.15) is 0 Å². The molecule has 16 heavy (non-hydrogen) atoms. The average molecular weight is 222 g/mol. The van der Waals surface area contributed by atoms with Crippen molar-refractivity contribution in [2.75, 3.05) is 0 Å². The molecule has 0 amide bonds. The Hall–Kier alpha value is -0.300. The molecule has 0 aromatic heterocycles. The summed E-state index contributed by atoms with van der Waals surface area (Å²) in [5.41, 5.74) is 0.882. The number of hydrogen-bond acceptors (Lipinski definition) is 1. The second kappa shape index (κ2) is 4.18. The van der Waals surface area contributed by atoms with E-state index in [9.17, 15) is 5.11 Å². The third-order valence-electron chi connectivity index (χ3n) is 4.94. The molecule has 0 saturated heterocycles. The molecule has 1 fully saturated rings. The van der Waals surface area contributed by atoms with Gasteiger partial charge in [-0.1, -0.05) is 32.4 Å². The minimum absolute atomic E-state index is 0.462. The molecule has 1 nitrogen and oxygen atoms in total. The fourth-order valence-corrected chi connectivity index (χ4v) is 4.05. The van der Waals surface area contributed by atoms with E-state index in [2.05, 4.69) is 33.8 Å². The number of hydrogen-bond donors (Lipinski definition) is 1. The van der Waals surface area contributed by atoms with Gasteiger partial charge in [0, 0.05) is 0 Å². The highest BCUT2D eigenvalue weighted by molar-refractivity contribution is 5.20. The van der Waals surface area contributed by atoms with Crippen molar-refractivity contribution in [1.82, 2.24) is 0 Å². The van der Waals surface area contributed by atoms with Crippen LogP contribution < -0.4 is 0 Å². The number of rotatable bonds is 1. The van der Waals surface area contributed by atoms with Crippen molar-refractivity contribution in [3.63, 3.8) is 0 Å². The van der Waals surface area contributed by atoms with Gasteiger partial charge in [-0.3, -0.25) is 0 Å². The predicted octanol–water partition coefficient (Wildman–Crippen LogP) is 3.78. The molecule has 1 saturated carbocycles. The first-order valence-corrected chi connectivity index (χ1v) is 6.86. The summed E-state index contributed by atoms with van der Waals surface area (Å²) in [6.45, 7) is 9.01. The average Bonchev–Trinajstić information content (AvgIpc) is 2.15. The molecule has 1 heteroatoms. The zero-order chi connectivity index (χ0) is 11.9. The maximum atomic E-state index is 11.1. The summed E-state index contributed by atoms with van der Waals surface area (Å²) in [6, 6.07) is 0. The SMILES string of the molecule is CC1=C[C@]2(O)[C@H](C(C)C)CC[C@@H](C)[C@@H]2CC1. The Morgan fingerprint density at radius 3 is 2.62 bits per heavy atom. The summed E-state index contributed by atoms with van der Waals surface area (Å²) in [5.74, 6) is 2.23. The van der Waals surface area contributed by atoms with E-state index in [1.54, 1.807) is 0 Å². The van der Waals surface area contributed by atoms with Gasteiger partial charge < -0.3 is 5.11 Å². The largest absolute Gasteiger partial charge is 0.385 e. The standard InChI is InChI=1S/C15H26O/c1-10(2)13-8-6-12(4)14-7-5-11(3)9-15(13,14)16/h9-10,12-14,16H,5-8H2,1-4H3/t12-,13+,14+,15+/m1/s1. The van der Waals surface area contributed by atoms with Crippen LogP contribution in [0.2, 0.25) is 0 Å². The molecule has 0 unspecified atom stereocenters. The fourth-order valence-electron chi connectivity index (χ4n) is 4.05. The van der Waals surface area contributed by atoms with Gasteiger partial charge in [0.05, 0.1) is 5.60 Å². The lowest BCUT2D eigenvalue weighted by molar-refractivity contribution is -0.0991. The third-order valence-corrected chi connectivity index (χ3v) is 4.94. The van der Waals surface area contributed by atoms with E-state index < -0.39 is 5.60 Å². The Balaban J connectivity index is 2.35. The van der Waals surface area contributed by atoms with Crippen molar-refractivity contribution in [3.8, 4) is 0 Å². The van der Waals surface area contributed by atoms with Gasteiger partial charge in [0.2, 0.25) is 0 Å². The molecular formula is C15H26O. The molecule has 92 valence electrons. The minimum Gasteiger partial charge on any atom is -0.385 e. The molecule has 0 radical (unpaired) electrons. The lowest BCUT2D eigenvalue weighted by Gasteiger charge is -2.51. The van der Waals surface area contributed by atoms with Crippen molar-refractivity contribution in [1.29, 1.82) is 0 Å². The molecule has 2 aliphatic carbocycles. The maximum absolute atomic E-state index is 11.1. The third kappa shape index (κ3) is 1.84. The molecule has 1 N–H and O–H groups in total. The smallest absolute Gasteiger partial charge is 0.0891 e. The van der Waals surface area contributed by atoms with Crippen LogP contribution in [0.5, 0.6) is 0 Å². The van der Waals surface area contributed by atoms with E-state index in [0.717, 1.165) is 0 Å². The lowest BCUT2D eigenvalue weighted by atomic mass is 9.57. The highest BCUT2D eigenvalue weighted by atomic mass is 16.3. The Kier molecular flexibility index (Phi) is 3.18. The number of fused-ring (bicyclic) bond motifs is 1. The first-order valence-electron chi connectivity index (χ1n) is 6.86. The van der Waals surface area contributed by atoms with Crippen LogP contribution >= 0.6 is 0 Å². The van der Waals surface area contributed by atoms with Crippen molar-refractivity contribution >= 4 is 0 Å². The van der Waals surface area contributed by atoms with Gasteiger partial charge >= 0.3 is 0 Å². The van der Waals surface area contributed by atoms with E-state index in [1.807, 2.05) is 0 Å². The molecular weight excluding hydrogens is 196 g/mol. The van der Waals surface area contributed by atoms with Crippen LogP contribution in [0, 0.1) is 23.7 Å².